The number of allylic oxidation sites excluding steroid dienone is 1. The van der Waals surface area contributed by atoms with Crippen LogP contribution in [0.4, 0.5) is 0 Å². The average molecular weight is 336 g/mol. The van der Waals surface area contributed by atoms with E-state index in [0.29, 0.717) is 0 Å². The van der Waals surface area contributed by atoms with Crippen LogP contribution in [0.15, 0.2) is 65.6 Å². The molecule has 0 fully saturated rings. The van der Waals surface area contributed by atoms with Gasteiger partial charge in [0.1, 0.15) is 23.5 Å². The Morgan fingerprint density at radius 1 is 1.17 bits per heavy atom. The molecular formula is C18H12N2OS2. The third-order valence-electron chi connectivity index (χ3n) is 3.58. The number of nitrogens with zero attached hydrogens (tertiary/aromatic N) is 2. The van der Waals surface area contributed by atoms with Crippen molar-refractivity contribution < 1.29 is 5.11 Å². The van der Waals surface area contributed by atoms with Gasteiger partial charge in [-0.15, -0.1) is 23.1 Å². The van der Waals surface area contributed by atoms with Gasteiger partial charge in [-0.2, -0.15) is 10.5 Å². The van der Waals surface area contributed by atoms with Gasteiger partial charge < -0.3 is 5.11 Å². The van der Waals surface area contributed by atoms with E-state index in [1.807, 2.05) is 41.8 Å². The minimum atomic E-state index is -0.580. The summed E-state index contributed by atoms with van der Waals surface area (Å²) in [5.41, 5.74) is 1.01. The largest absolute Gasteiger partial charge is 0.508 e. The number of hydrogen-bond donors (Lipinski definition) is 1. The minimum absolute atomic E-state index is 0.0852. The molecule has 0 bridgehead atoms. The van der Waals surface area contributed by atoms with Crippen LogP contribution in [0.25, 0.3) is 0 Å². The van der Waals surface area contributed by atoms with E-state index in [1.54, 1.807) is 41.3 Å². The summed E-state index contributed by atoms with van der Waals surface area (Å²) in [6.07, 6.45) is 5.84. The molecule has 5 heteroatoms. The third kappa shape index (κ3) is 3.03. The molecule has 0 amide bonds. The second-order valence-electron chi connectivity index (χ2n) is 5.03. The summed E-state index contributed by atoms with van der Waals surface area (Å²) in [5.74, 6) is 0.190. The Kier molecular flexibility index (Phi) is 4.25. The Labute approximate surface area is 142 Å². The molecule has 23 heavy (non-hydrogen) atoms. The van der Waals surface area contributed by atoms with Crippen molar-refractivity contribution in [3.63, 3.8) is 0 Å². The van der Waals surface area contributed by atoms with Crippen LogP contribution >= 0.6 is 23.1 Å². The first-order valence-corrected chi connectivity index (χ1v) is 8.66. The fraction of sp³-hybridized carbons (Fsp3) is 0.111. The zero-order valence-electron chi connectivity index (χ0n) is 12.0. The monoisotopic (exact) mass is 336 g/mol. The predicted molar refractivity (Wildman–Crippen MR) is 92.9 cm³/mol. The highest BCUT2D eigenvalue weighted by molar-refractivity contribution is 8.01. The highest BCUT2D eigenvalue weighted by Crippen LogP contribution is 2.54. The van der Waals surface area contributed by atoms with Crippen LogP contribution in [0.5, 0.6) is 5.75 Å². The van der Waals surface area contributed by atoms with Crippen LogP contribution in [-0.2, 0) is 4.75 Å². The molecule has 1 aliphatic heterocycles. The van der Waals surface area contributed by atoms with Crippen LogP contribution in [0.1, 0.15) is 15.7 Å². The van der Waals surface area contributed by atoms with Crippen molar-refractivity contribution in [2.75, 3.05) is 0 Å². The number of nitriles is 2. The van der Waals surface area contributed by atoms with Crippen LogP contribution in [-0.4, -0.2) is 5.11 Å². The molecule has 112 valence electrons. The first kappa shape index (κ1) is 15.4. The molecule has 1 aromatic heterocycles. The maximum absolute atomic E-state index is 9.52. The molecular weight excluding hydrogens is 324 g/mol. The van der Waals surface area contributed by atoms with E-state index in [1.165, 1.54) is 4.88 Å². The number of aromatic hydroxyl groups is 1. The summed E-state index contributed by atoms with van der Waals surface area (Å²) in [5, 5.41) is 30.0. The van der Waals surface area contributed by atoms with Crippen LogP contribution in [0.3, 0.4) is 0 Å². The second kappa shape index (κ2) is 6.34. The SMILES string of the molecule is N#CC(C#N)=CC1(c2ccc(O)cc2)C=CC(c2cccs2)S1. The van der Waals surface area contributed by atoms with E-state index >= 15 is 0 Å². The summed E-state index contributed by atoms with van der Waals surface area (Å²) < 4.78 is -0.580. The van der Waals surface area contributed by atoms with Gasteiger partial charge in [0.2, 0.25) is 0 Å². The topological polar surface area (TPSA) is 67.8 Å². The Hall–Kier alpha value is -2.47. The Balaban J connectivity index is 2.05. The lowest BCUT2D eigenvalue weighted by Crippen LogP contribution is -2.14. The quantitative estimate of drug-likeness (QED) is 0.653. The lowest BCUT2D eigenvalue weighted by Gasteiger charge is -2.25. The van der Waals surface area contributed by atoms with Gasteiger partial charge in [0.05, 0.1) is 10.00 Å². The van der Waals surface area contributed by atoms with Crippen molar-refractivity contribution in [3.05, 3.63) is 76.0 Å². The van der Waals surface area contributed by atoms with E-state index < -0.39 is 4.75 Å². The van der Waals surface area contributed by atoms with Crippen molar-refractivity contribution in [2.24, 2.45) is 0 Å². The molecule has 0 aliphatic carbocycles. The maximum atomic E-state index is 9.52. The molecule has 0 saturated heterocycles. The number of thioether (sulfide) groups is 1. The lowest BCUT2D eigenvalue weighted by atomic mass is 9.95. The van der Waals surface area contributed by atoms with Crippen molar-refractivity contribution in [1.29, 1.82) is 10.5 Å². The Morgan fingerprint density at radius 3 is 2.52 bits per heavy atom. The van der Waals surface area contributed by atoms with E-state index in [9.17, 15) is 5.11 Å². The van der Waals surface area contributed by atoms with Gasteiger partial charge in [-0.1, -0.05) is 30.4 Å². The first-order chi connectivity index (χ1) is 11.2. The van der Waals surface area contributed by atoms with Gasteiger partial charge >= 0.3 is 0 Å². The number of benzene rings is 1. The van der Waals surface area contributed by atoms with Crippen molar-refractivity contribution in [1.82, 2.24) is 0 Å². The molecule has 1 aliphatic rings. The van der Waals surface area contributed by atoms with Crippen LogP contribution < -0.4 is 0 Å². The zero-order valence-corrected chi connectivity index (χ0v) is 13.6. The van der Waals surface area contributed by atoms with E-state index in [2.05, 4.69) is 12.1 Å². The molecule has 0 spiro atoms. The highest BCUT2D eigenvalue weighted by atomic mass is 32.2. The summed E-state index contributed by atoms with van der Waals surface area (Å²) >= 11 is 3.36. The van der Waals surface area contributed by atoms with Crippen LogP contribution in [0, 0.1) is 22.7 Å². The van der Waals surface area contributed by atoms with Gasteiger partial charge in [0, 0.05) is 4.88 Å². The van der Waals surface area contributed by atoms with E-state index in [4.69, 9.17) is 10.5 Å². The van der Waals surface area contributed by atoms with Gasteiger partial charge in [0.25, 0.3) is 0 Å². The fourth-order valence-corrected chi connectivity index (χ4v) is 4.86. The minimum Gasteiger partial charge on any atom is -0.508 e. The number of thiophene rings is 1. The van der Waals surface area contributed by atoms with Crippen molar-refractivity contribution in [3.8, 4) is 17.9 Å². The van der Waals surface area contributed by atoms with Gasteiger partial charge in [-0.25, -0.2) is 0 Å². The summed E-state index contributed by atoms with van der Waals surface area (Å²) in [6, 6.07) is 14.9. The third-order valence-corrected chi connectivity index (χ3v) is 6.23. The van der Waals surface area contributed by atoms with Crippen LogP contribution in [0.2, 0.25) is 0 Å². The van der Waals surface area contributed by atoms with Gasteiger partial charge in [-0.05, 0) is 35.2 Å². The highest BCUT2D eigenvalue weighted by Gasteiger charge is 2.37. The fourth-order valence-electron chi connectivity index (χ4n) is 2.48. The molecule has 2 heterocycles. The summed E-state index contributed by atoms with van der Waals surface area (Å²) in [4.78, 5) is 1.23. The molecule has 3 nitrogen and oxygen atoms in total. The smallest absolute Gasteiger partial charge is 0.127 e. The summed E-state index contributed by atoms with van der Waals surface area (Å²) in [6.45, 7) is 0. The standard InChI is InChI=1S/C18H12N2OS2/c19-11-13(12-20)10-18(14-3-5-15(21)6-4-14)8-7-17(23-18)16-2-1-9-22-16/h1-10,17,21H. The Bertz CT molecular complexity index is 823. The number of hydrogen-bond acceptors (Lipinski definition) is 5. The Morgan fingerprint density at radius 2 is 1.91 bits per heavy atom. The van der Waals surface area contributed by atoms with E-state index in [-0.39, 0.29) is 16.6 Å². The number of rotatable bonds is 3. The summed E-state index contributed by atoms with van der Waals surface area (Å²) in [7, 11) is 0. The predicted octanol–water partition coefficient (Wildman–Crippen LogP) is 4.67. The molecule has 2 unspecified atom stereocenters. The number of phenols is 1. The first-order valence-electron chi connectivity index (χ1n) is 6.90. The molecule has 2 aromatic rings. The molecule has 1 aromatic carbocycles. The zero-order chi connectivity index (χ0) is 16.3. The lowest BCUT2D eigenvalue weighted by molar-refractivity contribution is 0.475. The van der Waals surface area contributed by atoms with Gasteiger partial charge in [-0.3, -0.25) is 0 Å². The number of phenolic OH excluding ortho intramolecular Hbond substituents is 1. The average Bonchev–Trinajstić information content (AvgIpc) is 3.23. The maximum Gasteiger partial charge on any atom is 0.127 e. The van der Waals surface area contributed by atoms with Crippen molar-refractivity contribution in [2.45, 2.75) is 10.00 Å². The second-order valence-corrected chi connectivity index (χ2v) is 7.43. The molecule has 0 saturated carbocycles. The normalized spacial score (nSPS) is 22.3. The van der Waals surface area contributed by atoms with E-state index in [0.717, 1.165) is 5.56 Å². The molecule has 1 N–H and O–H groups in total. The van der Waals surface area contributed by atoms with Gasteiger partial charge in [0.15, 0.2) is 0 Å². The van der Waals surface area contributed by atoms with Crippen molar-refractivity contribution >= 4 is 23.1 Å². The molecule has 2 atom stereocenters. The molecule has 3 rings (SSSR count). The molecule has 0 radical (unpaired) electrons.